The maximum Gasteiger partial charge on any atom is 0.311 e. The van der Waals surface area contributed by atoms with Crippen LogP contribution in [0.15, 0.2) is 4.52 Å². The summed E-state index contributed by atoms with van der Waals surface area (Å²) < 4.78 is 10.1. The van der Waals surface area contributed by atoms with Crippen LogP contribution in [0.2, 0.25) is 0 Å². The molecular formula is C13H19N3O5. The molecule has 2 unspecified atom stereocenters. The monoisotopic (exact) mass is 297 g/mol. The van der Waals surface area contributed by atoms with Crippen molar-refractivity contribution in [2.45, 2.75) is 38.6 Å². The Hall–Kier alpha value is -1.96. The summed E-state index contributed by atoms with van der Waals surface area (Å²) in [5.41, 5.74) is 0. The van der Waals surface area contributed by atoms with E-state index in [1.165, 1.54) is 0 Å². The molecule has 0 spiro atoms. The predicted molar refractivity (Wildman–Crippen MR) is 70.5 cm³/mol. The van der Waals surface area contributed by atoms with Gasteiger partial charge in [-0.05, 0) is 6.42 Å². The minimum Gasteiger partial charge on any atom is -0.481 e. The Balaban J connectivity index is 1.77. The van der Waals surface area contributed by atoms with Gasteiger partial charge in [0.05, 0.1) is 19.3 Å². The molecule has 1 saturated heterocycles. The van der Waals surface area contributed by atoms with Crippen molar-refractivity contribution in [3.05, 3.63) is 11.7 Å². The van der Waals surface area contributed by atoms with Gasteiger partial charge in [0.1, 0.15) is 5.92 Å². The van der Waals surface area contributed by atoms with Gasteiger partial charge in [-0.15, -0.1) is 0 Å². The summed E-state index contributed by atoms with van der Waals surface area (Å²) in [4.78, 5) is 27.0. The number of hydrogen-bond acceptors (Lipinski definition) is 6. The van der Waals surface area contributed by atoms with Crippen LogP contribution in [-0.4, -0.2) is 46.4 Å². The van der Waals surface area contributed by atoms with Crippen LogP contribution in [0.25, 0.3) is 0 Å². The van der Waals surface area contributed by atoms with Gasteiger partial charge in [-0.2, -0.15) is 4.98 Å². The molecule has 0 bridgehead atoms. The average molecular weight is 297 g/mol. The third-order valence-corrected chi connectivity index (χ3v) is 3.29. The largest absolute Gasteiger partial charge is 0.481 e. The normalized spacial score (nSPS) is 21.4. The van der Waals surface area contributed by atoms with Crippen molar-refractivity contribution < 1.29 is 24.0 Å². The zero-order valence-corrected chi connectivity index (χ0v) is 11.9. The smallest absolute Gasteiger partial charge is 0.311 e. The molecule has 8 nitrogen and oxygen atoms in total. The summed E-state index contributed by atoms with van der Waals surface area (Å²) in [6.45, 7) is 2.38. The fraction of sp³-hybridized carbons (Fsp3) is 0.692. The highest BCUT2D eigenvalue weighted by Gasteiger charge is 2.34. The third-order valence-electron chi connectivity index (χ3n) is 3.29. The van der Waals surface area contributed by atoms with Crippen molar-refractivity contribution >= 4 is 11.9 Å². The fourth-order valence-corrected chi connectivity index (χ4v) is 2.16. The summed E-state index contributed by atoms with van der Waals surface area (Å²) in [7, 11) is 0. The average Bonchev–Trinajstić information content (AvgIpc) is 3.06. The van der Waals surface area contributed by atoms with Gasteiger partial charge < -0.3 is 19.7 Å². The SMILES string of the molecule is CCCc1noc(CCC(=O)NC2COCC2C(=O)O)n1. The number of aromatic nitrogens is 2. The molecule has 0 radical (unpaired) electrons. The molecule has 1 aliphatic rings. The number of hydrogen-bond donors (Lipinski definition) is 2. The molecule has 0 aliphatic carbocycles. The summed E-state index contributed by atoms with van der Waals surface area (Å²) >= 11 is 0. The first-order valence-corrected chi connectivity index (χ1v) is 7.01. The molecule has 0 aromatic carbocycles. The fourth-order valence-electron chi connectivity index (χ4n) is 2.16. The van der Waals surface area contributed by atoms with Crippen molar-refractivity contribution in [1.82, 2.24) is 15.5 Å². The maximum absolute atomic E-state index is 11.8. The lowest BCUT2D eigenvalue weighted by atomic mass is 10.0. The molecule has 1 fully saturated rings. The van der Waals surface area contributed by atoms with E-state index < -0.39 is 17.9 Å². The van der Waals surface area contributed by atoms with Gasteiger partial charge in [0.25, 0.3) is 0 Å². The molecule has 1 aliphatic heterocycles. The van der Waals surface area contributed by atoms with Crippen molar-refractivity contribution in [2.75, 3.05) is 13.2 Å². The van der Waals surface area contributed by atoms with Gasteiger partial charge in [-0.25, -0.2) is 0 Å². The van der Waals surface area contributed by atoms with E-state index >= 15 is 0 Å². The number of aryl methyl sites for hydroxylation is 2. The number of aliphatic carboxylic acids is 1. The Morgan fingerprint density at radius 3 is 2.90 bits per heavy atom. The number of amides is 1. The Kier molecular flexibility index (Phi) is 5.26. The molecule has 8 heteroatoms. The summed E-state index contributed by atoms with van der Waals surface area (Å²) in [6, 6.07) is -0.478. The number of carbonyl (C=O) groups is 2. The Morgan fingerprint density at radius 1 is 1.38 bits per heavy atom. The minimum atomic E-state index is -0.959. The molecule has 2 heterocycles. The standard InChI is InChI=1S/C13H19N3O5/c1-2-3-10-15-12(21-16-10)5-4-11(17)14-9-7-20-6-8(9)13(18)19/h8-9H,2-7H2,1H3,(H,14,17)(H,18,19). The van der Waals surface area contributed by atoms with Gasteiger partial charge >= 0.3 is 5.97 Å². The Morgan fingerprint density at radius 2 is 2.19 bits per heavy atom. The highest BCUT2D eigenvalue weighted by Crippen LogP contribution is 2.14. The number of rotatable bonds is 7. The molecule has 1 aromatic rings. The van der Waals surface area contributed by atoms with Crippen molar-refractivity contribution in [1.29, 1.82) is 0 Å². The quantitative estimate of drug-likeness (QED) is 0.737. The topological polar surface area (TPSA) is 115 Å². The van der Waals surface area contributed by atoms with Crippen LogP contribution in [0.1, 0.15) is 31.5 Å². The van der Waals surface area contributed by atoms with Gasteiger partial charge in [0.2, 0.25) is 11.8 Å². The number of nitrogens with zero attached hydrogens (tertiary/aromatic N) is 2. The van der Waals surface area contributed by atoms with Crippen molar-refractivity contribution in [3.63, 3.8) is 0 Å². The highest BCUT2D eigenvalue weighted by molar-refractivity contribution is 5.78. The van der Waals surface area contributed by atoms with Crippen LogP contribution >= 0.6 is 0 Å². The van der Waals surface area contributed by atoms with Gasteiger partial charge in [-0.3, -0.25) is 9.59 Å². The number of ether oxygens (including phenoxy) is 1. The summed E-state index contributed by atoms with van der Waals surface area (Å²) in [5.74, 6) is -0.825. The molecule has 2 atom stereocenters. The lowest BCUT2D eigenvalue weighted by Gasteiger charge is -2.15. The lowest BCUT2D eigenvalue weighted by molar-refractivity contribution is -0.142. The van der Waals surface area contributed by atoms with E-state index in [0.29, 0.717) is 18.1 Å². The second-order valence-electron chi connectivity index (χ2n) is 5.01. The first-order chi connectivity index (χ1) is 10.1. The second kappa shape index (κ2) is 7.16. The third kappa shape index (κ3) is 4.25. The number of nitrogens with one attached hydrogen (secondary N) is 1. The Bertz CT molecular complexity index is 502. The number of carboxylic acids is 1. The summed E-state index contributed by atoms with van der Waals surface area (Å²) in [6.07, 6.45) is 2.19. The molecule has 116 valence electrons. The molecule has 2 rings (SSSR count). The van der Waals surface area contributed by atoms with E-state index in [0.717, 1.165) is 12.8 Å². The van der Waals surface area contributed by atoms with Crippen LogP contribution in [0.5, 0.6) is 0 Å². The van der Waals surface area contributed by atoms with E-state index in [-0.39, 0.29) is 25.5 Å². The Labute approximate surface area is 121 Å². The maximum atomic E-state index is 11.8. The van der Waals surface area contributed by atoms with Crippen LogP contribution in [0.4, 0.5) is 0 Å². The zero-order valence-electron chi connectivity index (χ0n) is 11.9. The van der Waals surface area contributed by atoms with E-state index in [4.69, 9.17) is 14.4 Å². The minimum absolute atomic E-state index is 0.129. The number of carbonyl (C=O) groups excluding carboxylic acids is 1. The van der Waals surface area contributed by atoms with E-state index in [1.807, 2.05) is 6.92 Å². The van der Waals surface area contributed by atoms with Crippen molar-refractivity contribution in [2.24, 2.45) is 5.92 Å². The van der Waals surface area contributed by atoms with Crippen molar-refractivity contribution in [3.8, 4) is 0 Å². The van der Waals surface area contributed by atoms with Gasteiger partial charge in [0, 0.05) is 19.3 Å². The van der Waals surface area contributed by atoms with Crippen LogP contribution in [-0.2, 0) is 27.2 Å². The molecule has 1 aromatic heterocycles. The van der Waals surface area contributed by atoms with E-state index in [2.05, 4.69) is 15.5 Å². The van der Waals surface area contributed by atoms with Gasteiger partial charge in [-0.1, -0.05) is 12.1 Å². The zero-order chi connectivity index (χ0) is 15.2. The first kappa shape index (κ1) is 15.4. The molecular weight excluding hydrogens is 278 g/mol. The molecule has 2 N–H and O–H groups in total. The van der Waals surface area contributed by atoms with Gasteiger partial charge in [0.15, 0.2) is 5.82 Å². The predicted octanol–water partition coefficient (Wildman–Crippen LogP) is 0.171. The van der Waals surface area contributed by atoms with E-state index in [9.17, 15) is 9.59 Å². The lowest BCUT2D eigenvalue weighted by Crippen LogP contribution is -2.42. The van der Waals surface area contributed by atoms with Crippen LogP contribution in [0.3, 0.4) is 0 Å². The summed E-state index contributed by atoms with van der Waals surface area (Å²) in [5, 5.41) is 15.5. The van der Waals surface area contributed by atoms with E-state index in [1.54, 1.807) is 0 Å². The number of carboxylic acid groups (broad SMARTS) is 1. The highest BCUT2D eigenvalue weighted by atomic mass is 16.5. The van der Waals surface area contributed by atoms with Crippen LogP contribution < -0.4 is 5.32 Å². The first-order valence-electron chi connectivity index (χ1n) is 7.01. The van der Waals surface area contributed by atoms with Crippen LogP contribution in [0, 0.1) is 5.92 Å². The molecule has 1 amide bonds. The second-order valence-corrected chi connectivity index (χ2v) is 5.01. The molecule has 0 saturated carbocycles. The molecule has 21 heavy (non-hydrogen) atoms.